The molecule has 3 aromatic rings. The lowest BCUT2D eigenvalue weighted by Gasteiger charge is -2.20. The first kappa shape index (κ1) is 22.6. The lowest BCUT2D eigenvalue weighted by atomic mass is 10.0. The lowest BCUT2D eigenvalue weighted by Crippen LogP contribution is -2.12. The molecule has 5 rings (SSSR count). The molecule has 2 aliphatic heterocycles. The van der Waals surface area contributed by atoms with Gasteiger partial charge < -0.3 is 13.9 Å². The summed E-state index contributed by atoms with van der Waals surface area (Å²) in [5.74, 6) is -0.863. The molecule has 2 aliphatic rings. The van der Waals surface area contributed by atoms with E-state index in [9.17, 15) is 13.2 Å². The van der Waals surface area contributed by atoms with E-state index in [-0.39, 0.29) is 5.56 Å². The van der Waals surface area contributed by atoms with E-state index in [1.54, 1.807) is 26.4 Å². The van der Waals surface area contributed by atoms with Crippen LogP contribution in [0.25, 0.3) is 28.3 Å². The number of aryl methyl sites for hydroxylation is 1. The summed E-state index contributed by atoms with van der Waals surface area (Å²) in [5.41, 5.74) is 3.57. The Morgan fingerprint density at radius 3 is 2.34 bits per heavy atom. The molecule has 1 aromatic heterocycles. The molecule has 2 aromatic carbocycles. The quantitative estimate of drug-likeness (QED) is 0.317. The normalized spacial score (nSPS) is 12.3. The first-order valence-electron chi connectivity index (χ1n) is 11.0. The number of pyridine rings is 1. The zero-order valence-corrected chi connectivity index (χ0v) is 19.6. The van der Waals surface area contributed by atoms with Crippen LogP contribution in [0.4, 0.5) is 13.2 Å². The summed E-state index contributed by atoms with van der Waals surface area (Å²) in [6.45, 7) is 4.99. The fourth-order valence-electron chi connectivity index (χ4n) is 4.17. The van der Waals surface area contributed by atoms with Crippen molar-refractivity contribution in [1.29, 1.82) is 0 Å². The maximum absolute atomic E-state index is 14.7. The van der Waals surface area contributed by atoms with Crippen molar-refractivity contribution in [3.8, 4) is 34.1 Å². The van der Waals surface area contributed by atoms with Crippen molar-refractivity contribution in [3.63, 3.8) is 0 Å². The molecule has 1 unspecified atom stereocenters. The largest absolute Gasteiger partial charge is 0.495 e. The summed E-state index contributed by atoms with van der Waals surface area (Å²) in [5, 5.41) is 8.60. The number of methoxy groups -OCH3 is 1. The van der Waals surface area contributed by atoms with Crippen LogP contribution in [0.2, 0.25) is 0 Å². The third kappa shape index (κ3) is 3.92. The third-order valence-electron chi connectivity index (χ3n) is 6.18. The van der Waals surface area contributed by atoms with Gasteiger partial charge in [-0.25, -0.2) is 18.2 Å². The second kappa shape index (κ2) is 8.57. The molecule has 0 radical (unpaired) electrons. The second-order valence-corrected chi connectivity index (χ2v) is 8.45. The number of hydrogen-bond donors (Lipinski definition) is 0. The minimum atomic E-state index is -0.658. The van der Waals surface area contributed by atoms with Gasteiger partial charge in [-0.05, 0) is 56.7 Å². The van der Waals surface area contributed by atoms with E-state index in [0.29, 0.717) is 34.0 Å². The second-order valence-electron chi connectivity index (χ2n) is 8.45. The zero-order valence-electron chi connectivity index (χ0n) is 19.6. The highest BCUT2D eigenvalue weighted by Gasteiger charge is 2.24. The Kier molecular flexibility index (Phi) is 5.55. The van der Waals surface area contributed by atoms with E-state index in [1.807, 2.05) is 29.8 Å². The van der Waals surface area contributed by atoms with Gasteiger partial charge in [-0.15, -0.1) is 10.2 Å². The Bertz CT molecular complexity index is 1500. The number of hydrogen-bond acceptors (Lipinski definition) is 4. The van der Waals surface area contributed by atoms with Crippen LogP contribution in [0.3, 0.4) is 0 Å². The standard InChI is InChI=1S/C26H22F3N5O/c1-14-11-33(13-30-14)23-6-5-17(9-24(23)35-4)25-20-10-19(27)12-34(26(20)32-31-25)16(3)18-7-21(28)15(2)22(29)8-18/h5-13,16H,1-4H3. The summed E-state index contributed by atoms with van der Waals surface area (Å²) in [6, 6.07) is 8.78. The summed E-state index contributed by atoms with van der Waals surface area (Å²) in [4.78, 5) is 4.25. The van der Waals surface area contributed by atoms with Gasteiger partial charge in [-0.1, -0.05) is 6.07 Å². The van der Waals surface area contributed by atoms with Crippen molar-refractivity contribution in [1.82, 2.24) is 24.3 Å². The van der Waals surface area contributed by atoms with E-state index < -0.39 is 23.5 Å². The Hall–Kier alpha value is -4.14. The predicted molar refractivity (Wildman–Crippen MR) is 125 cm³/mol. The maximum atomic E-state index is 14.7. The smallest absolute Gasteiger partial charge is 0.165 e. The highest BCUT2D eigenvalue weighted by Crippen LogP contribution is 2.37. The topological polar surface area (TPSA) is 57.8 Å². The van der Waals surface area contributed by atoms with E-state index in [0.717, 1.165) is 11.4 Å². The van der Waals surface area contributed by atoms with Crippen LogP contribution in [-0.2, 0) is 0 Å². The first-order valence-corrected chi connectivity index (χ1v) is 11.0. The van der Waals surface area contributed by atoms with Gasteiger partial charge in [0, 0.05) is 23.5 Å². The Morgan fingerprint density at radius 1 is 0.943 bits per heavy atom. The minimum Gasteiger partial charge on any atom is -0.495 e. The summed E-state index contributed by atoms with van der Waals surface area (Å²) < 4.78 is 52.1. The Balaban J connectivity index is 1.57. The average molecular weight is 477 g/mol. The van der Waals surface area contributed by atoms with Crippen molar-refractivity contribution >= 4 is 0 Å². The molecule has 0 spiro atoms. The number of fused-ring (bicyclic) bond motifs is 1. The van der Waals surface area contributed by atoms with Gasteiger partial charge in [0.05, 0.1) is 36.4 Å². The number of benzene rings is 2. The van der Waals surface area contributed by atoms with Crippen LogP contribution in [0.15, 0.2) is 55.1 Å². The molecular weight excluding hydrogens is 455 g/mol. The Morgan fingerprint density at radius 2 is 1.69 bits per heavy atom. The fourth-order valence-corrected chi connectivity index (χ4v) is 4.17. The van der Waals surface area contributed by atoms with Crippen LogP contribution in [0.5, 0.6) is 5.75 Å². The monoisotopic (exact) mass is 477 g/mol. The highest BCUT2D eigenvalue weighted by atomic mass is 19.1. The number of nitrogens with zero attached hydrogens (tertiary/aromatic N) is 5. The molecule has 3 heterocycles. The van der Waals surface area contributed by atoms with Crippen LogP contribution in [-0.4, -0.2) is 31.4 Å². The van der Waals surface area contributed by atoms with Crippen molar-refractivity contribution in [3.05, 3.63) is 89.4 Å². The summed E-state index contributed by atoms with van der Waals surface area (Å²) in [7, 11) is 1.57. The van der Waals surface area contributed by atoms with Gasteiger partial charge in [-0.2, -0.15) is 0 Å². The van der Waals surface area contributed by atoms with E-state index >= 15 is 0 Å². The van der Waals surface area contributed by atoms with Crippen molar-refractivity contribution < 1.29 is 17.9 Å². The minimum absolute atomic E-state index is 0.0611. The molecule has 35 heavy (non-hydrogen) atoms. The molecule has 0 amide bonds. The molecule has 1 atom stereocenters. The summed E-state index contributed by atoms with van der Waals surface area (Å²) >= 11 is 0. The number of aromatic nitrogens is 5. The van der Waals surface area contributed by atoms with Crippen molar-refractivity contribution in [2.75, 3.05) is 7.11 Å². The van der Waals surface area contributed by atoms with Crippen LogP contribution >= 0.6 is 0 Å². The van der Waals surface area contributed by atoms with E-state index in [1.165, 1.54) is 35.9 Å². The zero-order chi connectivity index (χ0) is 24.9. The van der Waals surface area contributed by atoms with E-state index in [2.05, 4.69) is 15.2 Å². The molecule has 6 nitrogen and oxygen atoms in total. The number of rotatable bonds is 5. The van der Waals surface area contributed by atoms with Gasteiger partial charge in [0.15, 0.2) is 5.82 Å². The molecule has 0 N–H and O–H groups in total. The van der Waals surface area contributed by atoms with Crippen molar-refractivity contribution in [2.45, 2.75) is 26.8 Å². The molecule has 0 bridgehead atoms. The van der Waals surface area contributed by atoms with Crippen LogP contribution in [0, 0.1) is 31.3 Å². The SMILES string of the molecule is COc1cc(-c2nnc3n(C(C)c4cc(F)c(C)c(F)c4)cc(F)cc2-3)ccc1-n1cnc(C)c1. The van der Waals surface area contributed by atoms with Gasteiger partial charge in [0.25, 0.3) is 0 Å². The number of imidazole rings is 1. The predicted octanol–water partition coefficient (Wildman–Crippen LogP) is 5.89. The molecule has 0 saturated carbocycles. The molecule has 9 heteroatoms. The van der Waals surface area contributed by atoms with E-state index in [4.69, 9.17) is 4.74 Å². The van der Waals surface area contributed by atoms with Crippen LogP contribution < -0.4 is 4.74 Å². The Labute approximate surface area is 200 Å². The van der Waals surface area contributed by atoms with Gasteiger partial charge >= 0.3 is 0 Å². The highest BCUT2D eigenvalue weighted by molar-refractivity contribution is 5.80. The van der Waals surface area contributed by atoms with Gasteiger partial charge in [0.1, 0.15) is 28.9 Å². The average Bonchev–Trinajstić information content (AvgIpc) is 3.47. The lowest BCUT2D eigenvalue weighted by molar-refractivity contribution is 0.413. The van der Waals surface area contributed by atoms with Gasteiger partial charge in [0.2, 0.25) is 0 Å². The summed E-state index contributed by atoms with van der Waals surface area (Å²) in [6.07, 6.45) is 4.83. The molecule has 0 saturated heterocycles. The first-order chi connectivity index (χ1) is 16.8. The molecule has 0 fully saturated rings. The van der Waals surface area contributed by atoms with Crippen LogP contribution in [0.1, 0.15) is 29.8 Å². The van der Waals surface area contributed by atoms with Gasteiger partial charge in [-0.3, -0.25) is 0 Å². The maximum Gasteiger partial charge on any atom is 0.165 e. The molecular formula is C26H22F3N5O. The molecule has 0 aliphatic carbocycles. The number of ether oxygens (including phenoxy) is 1. The number of halogens is 3. The third-order valence-corrected chi connectivity index (χ3v) is 6.18. The van der Waals surface area contributed by atoms with Crippen molar-refractivity contribution in [2.24, 2.45) is 0 Å². The fraction of sp³-hybridized carbons (Fsp3) is 0.192. The molecule has 178 valence electrons.